The second-order valence-electron chi connectivity index (χ2n) is 2.56. The highest BCUT2D eigenvalue weighted by Gasteiger charge is 2.13. The minimum atomic E-state index is -3.73. The van der Waals surface area contributed by atoms with Gasteiger partial charge in [0.15, 0.2) is 0 Å². The van der Waals surface area contributed by atoms with Crippen LogP contribution in [-0.2, 0) is 9.09 Å². The Bertz CT molecular complexity index is 132. The minimum Gasteiger partial charge on any atom is -0.305 e. The Balaban J connectivity index is 3.46. The van der Waals surface area contributed by atoms with Crippen molar-refractivity contribution >= 4 is 7.68 Å². The highest BCUT2D eigenvalue weighted by Crippen LogP contribution is 2.44. The summed E-state index contributed by atoms with van der Waals surface area (Å²) in [5.74, 6) is 0.282. The summed E-state index contributed by atoms with van der Waals surface area (Å²) in [6.07, 6.45) is 0.917. The van der Waals surface area contributed by atoms with E-state index < -0.39 is 7.68 Å². The zero-order chi connectivity index (χ0) is 8.20. The van der Waals surface area contributed by atoms with Crippen LogP contribution in [0.3, 0.4) is 0 Å². The Kier molecular flexibility index (Phi) is 4.14. The van der Waals surface area contributed by atoms with Crippen molar-refractivity contribution in [3.05, 3.63) is 0 Å². The van der Waals surface area contributed by atoms with Crippen LogP contribution in [0, 0.1) is 5.92 Å². The molecule has 0 N–H and O–H groups in total. The van der Waals surface area contributed by atoms with Crippen LogP contribution in [0.5, 0.6) is 0 Å². The SMILES string of the molecule is CC[C@H](C)COP(C)(=O)F. The first-order valence-corrected chi connectivity index (χ1v) is 5.33. The van der Waals surface area contributed by atoms with Gasteiger partial charge in [-0.1, -0.05) is 20.3 Å². The molecule has 0 aliphatic heterocycles. The van der Waals surface area contributed by atoms with Crippen molar-refractivity contribution in [2.45, 2.75) is 20.3 Å². The lowest BCUT2D eigenvalue weighted by Crippen LogP contribution is -2.01. The van der Waals surface area contributed by atoms with Gasteiger partial charge >= 0.3 is 7.68 Å². The van der Waals surface area contributed by atoms with Crippen molar-refractivity contribution < 1.29 is 13.3 Å². The van der Waals surface area contributed by atoms with E-state index in [1.807, 2.05) is 13.8 Å². The fourth-order valence-corrected chi connectivity index (χ4v) is 0.899. The summed E-state index contributed by atoms with van der Waals surface area (Å²) < 4.78 is 27.0. The molecule has 2 nitrogen and oxygen atoms in total. The Morgan fingerprint density at radius 1 is 1.70 bits per heavy atom. The van der Waals surface area contributed by atoms with Gasteiger partial charge in [0.2, 0.25) is 0 Å². The smallest absolute Gasteiger partial charge is 0.305 e. The van der Waals surface area contributed by atoms with E-state index in [2.05, 4.69) is 4.52 Å². The van der Waals surface area contributed by atoms with Crippen LogP contribution < -0.4 is 0 Å². The lowest BCUT2D eigenvalue weighted by Gasteiger charge is -2.09. The average Bonchev–Trinajstić information content (AvgIpc) is 1.81. The lowest BCUT2D eigenvalue weighted by molar-refractivity contribution is 0.241. The average molecular weight is 168 g/mol. The predicted octanol–water partition coefficient (Wildman–Crippen LogP) is 2.84. The second-order valence-corrected chi connectivity index (χ2v) is 4.31. The zero-order valence-corrected chi connectivity index (χ0v) is 7.53. The van der Waals surface area contributed by atoms with Crippen molar-refractivity contribution in [3.8, 4) is 0 Å². The topological polar surface area (TPSA) is 26.3 Å². The largest absolute Gasteiger partial charge is 0.364 e. The first kappa shape index (κ1) is 10.1. The highest BCUT2D eigenvalue weighted by atomic mass is 31.2. The molecule has 0 spiro atoms. The quantitative estimate of drug-likeness (QED) is 0.603. The van der Waals surface area contributed by atoms with Crippen molar-refractivity contribution in [2.75, 3.05) is 13.3 Å². The normalized spacial score (nSPS) is 20.0. The molecular weight excluding hydrogens is 154 g/mol. The van der Waals surface area contributed by atoms with Crippen LogP contribution in [0.15, 0.2) is 0 Å². The van der Waals surface area contributed by atoms with Crippen LogP contribution >= 0.6 is 7.68 Å². The summed E-state index contributed by atoms with van der Waals surface area (Å²) in [5, 5.41) is 0. The van der Waals surface area contributed by atoms with E-state index in [9.17, 15) is 8.76 Å². The van der Waals surface area contributed by atoms with Gasteiger partial charge in [-0.25, -0.2) is 0 Å². The van der Waals surface area contributed by atoms with Crippen molar-refractivity contribution in [1.29, 1.82) is 0 Å². The van der Waals surface area contributed by atoms with E-state index in [-0.39, 0.29) is 12.5 Å². The van der Waals surface area contributed by atoms with Gasteiger partial charge in [-0.2, -0.15) is 4.20 Å². The van der Waals surface area contributed by atoms with Gasteiger partial charge in [-0.3, -0.25) is 4.57 Å². The molecule has 62 valence electrons. The second kappa shape index (κ2) is 4.09. The van der Waals surface area contributed by atoms with E-state index >= 15 is 0 Å². The van der Waals surface area contributed by atoms with E-state index in [0.717, 1.165) is 13.1 Å². The molecule has 0 rings (SSSR count). The van der Waals surface area contributed by atoms with E-state index in [1.165, 1.54) is 0 Å². The minimum absolute atomic E-state index is 0.251. The summed E-state index contributed by atoms with van der Waals surface area (Å²) >= 11 is 0. The van der Waals surface area contributed by atoms with Gasteiger partial charge in [0.1, 0.15) is 0 Å². The lowest BCUT2D eigenvalue weighted by atomic mass is 10.1. The summed E-state index contributed by atoms with van der Waals surface area (Å²) in [6.45, 7) is 5.14. The summed E-state index contributed by atoms with van der Waals surface area (Å²) in [6, 6.07) is 0. The molecule has 0 aromatic carbocycles. The van der Waals surface area contributed by atoms with Crippen LogP contribution in [-0.4, -0.2) is 13.3 Å². The van der Waals surface area contributed by atoms with Gasteiger partial charge in [-0.05, 0) is 5.92 Å². The molecule has 10 heavy (non-hydrogen) atoms. The molecule has 0 aromatic heterocycles. The molecule has 0 radical (unpaired) electrons. The van der Waals surface area contributed by atoms with Crippen LogP contribution in [0.1, 0.15) is 20.3 Å². The molecule has 4 heteroatoms. The molecule has 0 aliphatic carbocycles. The molecule has 0 fully saturated rings. The van der Waals surface area contributed by atoms with Crippen LogP contribution in [0.25, 0.3) is 0 Å². The molecule has 0 saturated carbocycles. The van der Waals surface area contributed by atoms with Crippen LogP contribution in [0.4, 0.5) is 4.20 Å². The Labute approximate surface area is 61.3 Å². The van der Waals surface area contributed by atoms with Gasteiger partial charge in [0.25, 0.3) is 0 Å². The number of hydrogen-bond acceptors (Lipinski definition) is 2. The molecule has 0 saturated heterocycles. The number of rotatable bonds is 4. The Morgan fingerprint density at radius 2 is 2.20 bits per heavy atom. The molecule has 1 unspecified atom stereocenters. The maximum atomic E-state index is 12.2. The van der Waals surface area contributed by atoms with Gasteiger partial charge < -0.3 is 4.52 Å². The summed E-state index contributed by atoms with van der Waals surface area (Å²) in [7, 11) is -3.73. The predicted molar refractivity (Wildman–Crippen MR) is 40.0 cm³/mol. The fraction of sp³-hybridized carbons (Fsp3) is 1.00. The third kappa shape index (κ3) is 6.24. The molecule has 0 heterocycles. The first-order chi connectivity index (χ1) is 4.45. The van der Waals surface area contributed by atoms with Gasteiger partial charge in [0, 0.05) is 6.66 Å². The first-order valence-electron chi connectivity index (χ1n) is 3.37. The number of hydrogen-bond donors (Lipinski definition) is 0. The standard InChI is InChI=1S/C6H14FO2P/c1-4-6(2)5-9-10(3,7)8/h6H,4-5H2,1-3H3/t6-,10?/m0/s1. The Morgan fingerprint density at radius 3 is 2.50 bits per heavy atom. The van der Waals surface area contributed by atoms with Crippen molar-refractivity contribution in [1.82, 2.24) is 0 Å². The van der Waals surface area contributed by atoms with Crippen molar-refractivity contribution in [2.24, 2.45) is 5.92 Å². The molecule has 2 atom stereocenters. The highest BCUT2D eigenvalue weighted by molar-refractivity contribution is 7.52. The molecule has 0 aromatic rings. The third-order valence-corrected chi connectivity index (χ3v) is 1.90. The van der Waals surface area contributed by atoms with E-state index in [1.54, 1.807) is 0 Å². The summed E-state index contributed by atoms with van der Waals surface area (Å²) in [5.41, 5.74) is 0. The van der Waals surface area contributed by atoms with Crippen molar-refractivity contribution in [3.63, 3.8) is 0 Å². The summed E-state index contributed by atoms with van der Waals surface area (Å²) in [4.78, 5) is 0. The van der Waals surface area contributed by atoms with Gasteiger partial charge in [0.05, 0.1) is 6.61 Å². The fourth-order valence-electron chi connectivity index (χ4n) is 0.378. The molecule has 0 bridgehead atoms. The molecule has 0 amide bonds. The third-order valence-electron chi connectivity index (χ3n) is 1.29. The maximum absolute atomic E-state index is 12.2. The Hall–Kier alpha value is 0.120. The van der Waals surface area contributed by atoms with E-state index in [0.29, 0.717) is 0 Å². The zero-order valence-electron chi connectivity index (χ0n) is 6.63. The van der Waals surface area contributed by atoms with Gasteiger partial charge in [-0.15, -0.1) is 0 Å². The maximum Gasteiger partial charge on any atom is 0.364 e. The monoisotopic (exact) mass is 168 g/mol. The van der Waals surface area contributed by atoms with Crippen LogP contribution in [0.2, 0.25) is 0 Å². The number of halogens is 1. The molecule has 0 aliphatic rings. The van der Waals surface area contributed by atoms with E-state index in [4.69, 9.17) is 0 Å². The molecular formula is C6H14FO2P.